The molecule has 0 saturated heterocycles. The predicted molar refractivity (Wildman–Crippen MR) is 103 cm³/mol. The summed E-state index contributed by atoms with van der Waals surface area (Å²) < 4.78 is 10.2. The standard InChI is InChI=1S/C21H29NO3/c1-5-7-8-19(15-24-4)18-11-9-17(10-12-18)14-20(22)13-16(3)21(23)25-6-2/h5,7-12,15-16,20H,1,6,13-14,22H2,2-4H3. The molecule has 0 heterocycles. The number of carbonyl (C=O) groups excluding carboxylic acids is 1. The zero-order valence-electron chi connectivity index (χ0n) is 15.4. The maximum absolute atomic E-state index is 11.7. The number of ether oxygens (including phenoxy) is 2. The second kappa shape index (κ2) is 11.3. The summed E-state index contributed by atoms with van der Waals surface area (Å²) in [6.07, 6.45) is 8.56. The first-order valence-corrected chi connectivity index (χ1v) is 8.55. The molecule has 0 bridgehead atoms. The van der Waals surface area contributed by atoms with Crippen LogP contribution in [0.3, 0.4) is 0 Å². The van der Waals surface area contributed by atoms with Crippen molar-refractivity contribution in [2.45, 2.75) is 32.7 Å². The van der Waals surface area contributed by atoms with E-state index in [0.717, 1.165) is 23.1 Å². The van der Waals surface area contributed by atoms with Crippen LogP contribution in [-0.4, -0.2) is 25.7 Å². The van der Waals surface area contributed by atoms with Crippen LogP contribution in [0.4, 0.5) is 0 Å². The highest BCUT2D eigenvalue weighted by molar-refractivity contribution is 5.73. The Bertz CT molecular complexity index is 602. The number of hydrogen-bond donors (Lipinski definition) is 1. The number of esters is 1. The van der Waals surface area contributed by atoms with Crippen molar-refractivity contribution < 1.29 is 14.3 Å². The van der Waals surface area contributed by atoms with Gasteiger partial charge in [0.15, 0.2) is 0 Å². The van der Waals surface area contributed by atoms with Crippen LogP contribution in [0.15, 0.2) is 55.3 Å². The van der Waals surface area contributed by atoms with Gasteiger partial charge in [-0.15, -0.1) is 0 Å². The van der Waals surface area contributed by atoms with Crippen molar-refractivity contribution in [3.8, 4) is 0 Å². The Morgan fingerprint density at radius 3 is 2.56 bits per heavy atom. The van der Waals surface area contributed by atoms with Gasteiger partial charge in [0.1, 0.15) is 0 Å². The van der Waals surface area contributed by atoms with Gasteiger partial charge in [-0.2, -0.15) is 0 Å². The summed E-state index contributed by atoms with van der Waals surface area (Å²) in [5.41, 5.74) is 9.35. The molecule has 0 fully saturated rings. The summed E-state index contributed by atoms with van der Waals surface area (Å²) in [7, 11) is 1.62. The molecule has 0 aromatic heterocycles. The van der Waals surface area contributed by atoms with E-state index in [1.807, 2.05) is 38.1 Å². The van der Waals surface area contributed by atoms with Crippen LogP contribution in [0.25, 0.3) is 5.57 Å². The van der Waals surface area contributed by atoms with Gasteiger partial charge in [0.2, 0.25) is 0 Å². The molecule has 0 spiro atoms. The van der Waals surface area contributed by atoms with Crippen LogP contribution < -0.4 is 5.73 Å². The average molecular weight is 343 g/mol. The summed E-state index contributed by atoms with van der Waals surface area (Å²) in [6.45, 7) is 7.74. The smallest absolute Gasteiger partial charge is 0.308 e. The van der Waals surface area contributed by atoms with Gasteiger partial charge in [0.05, 0.1) is 25.9 Å². The molecule has 0 radical (unpaired) electrons. The molecular formula is C21H29NO3. The first-order chi connectivity index (χ1) is 12.0. The lowest BCUT2D eigenvalue weighted by Crippen LogP contribution is -2.29. The Morgan fingerprint density at radius 1 is 1.32 bits per heavy atom. The minimum Gasteiger partial charge on any atom is -0.504 e. The zero-order chi connectivity index (χ0) is 18.7. The lowest BCUT2D eigenvalue weighted by atomic mass is 9.95. The molecular weight excluding hydrogens is 314 g/mol. The zero-order valence-corrected chi connectivity index (χ0v) is 15.4. The predicted octanol–water partition coefficient (Wildman–Crippen LogP) is 3.88. The summed E-state index contributed by atoms with van der Waals surface area (Å²) >= 11 is 0. The van der Waals surface area contributed by atoms with Crippen molar-refractivity contribution in [3.05, 3.63) is 66.5 Å². The highest BCUT2D eigenvalue weighted by Gasteiger charge is 2.17. The third kappa shape index (κ3) is 7.40. The maximum atomic E-state index is 11.7. The van der Waals surface area contributed by atoms with Gasteiger partial charge in [-0.3, -0.25) is 4.79 Å². The second-order valence-corrected chi connectivity index (χ2v) is 5.95. The van der Waals surface area contributed by atoms with E-state index in [1.54, 1.807) is 19.4 Å². The molecule has 4 nitrogen and oxygen atoms in total. The Hall–Kier alpha value is -2.33. The second-order valence-electron chi connectivity index (χ2n) is 5.95. The van der Waals surface area contributed by atoms with E-state index < -0.39 is 0 Å². The molecule has 0 amide bonds. The van der Waals surface area contributed by atoms with Crippen LogP contribution in [0.1, 0.15) is 31.4 Å². The molecule has 2 atom stereocenters. The van der Waals surface area contributed by atoms with E-state index in [0.29, 0.717) is 13.0 Å². The van der Waals surface area contributed by atoms with Gasteiger partial charge in [-0.25, -0.2) is 0 Å². The van der Waals surface area contributed by atoms with Gasteiger partial charge in [-0.05, 0) is 30.9 Å². The quantitative estimate of drug-likeness (QED) is 0.398. The molecule has 2 N–H and O–H groups in total. The number of carbonyl (C=O) groups is 1. The largest absolute Gasteiger partial charge is 0.504 e. The lowest BCUT2D eigenvalue weighted by molar-refractivity contribution is -0.147. The van der Waals surface area contributed by atoms with Gasteiger partial charge in [0.25, 0.3) is 0 Å². The van der Waals surface area contributed by atoms with Crippen LogP contribution in [0.5, 0.6) is 0 Å². The van der Waals surface area contributed by atoms with E-state index in [4.69, 9.17) is 15.2 Å². The molecule has 0 aliphatic carbocycles. The monoisotopic (exact) mass is 343 g/mol. The number of allylic oxidation sites excluding steroid dienone is 4. The molecule has 0 aliphatic heterocycles. The third-order valence-corrected chi connectivity index (χ3v) is 3.79. The Morgan fingerprint density at radius 2 is 2.00 bits per heavy atom. The van der Waals surface area contributed by atoms with Crippen molar-refractivity contribution in [1.82, 2.24) is 0 Å². The van der Waals surface area contributed by atoms with E-state index in [-0.39, 0.29) is 17.9 Å². The van der Waals surface area contributed by atoms with E-state index in [1.165, 1.54) is 0 Å². The molecule has 1 aromatic carbocycles. The first-order valence-electron chi connectivity index (χ1n) is 8.55. The fraction of sp³-hybridized carbons (Fsp3) is 0.381. The summed E-state index contributed by atoms with van der Waals surface area (Å²) in [6, 6.07) is 8.09. The molecule has 4 heteroatoms. The highest BCUT2D eigenvalue weighted by Crippen LogP contribution is 2.18. The van der Waals surface area contributed by atoms with Crippen molar-refractivity contribution in [2.24, 2.45) is 11.7 Å². The molecule has 0 saturated carbocycles. The van der Waals surface area contributed by atoms with Crippen LogP contribution in [-0.2, 0) is 20.7 Å². The van der Waals surface area contributed by atoms with Gasteiger partial charge in [0, 0.05) is 11.6 Å². The Balaban J connectivity index is 2.69. The first kappa shape index (κ1) is 20.7. The molecule has 136 valence electrons. The van der Waals surface area contributed by atoms with Gasteiger partial charge >= 0.3 is 5.97 Å². The van der Waals surface area contributed by atoms with Crippen molar-refractivity contribution >= 4 is 11.5 Å². The fourth-order valence-electron chi connectivity index (χ4n) is 2.56. The lowest BCUT2D eigenvalue weighted by Gasteiger charge is -2.16. The van der Waals surface area contributed by atoms with Gasteiger partial charge in [-0.1, -0.05) is 56.0 Å². The minimum atomic E-state index is -0.186. The number of hydrogen-bond acceptors (Lipinski definition) is 4. The summed E-state index contributed by atoms with van der Waals surface area (Å²) in [4.78, 5) is 11.7. The fourth-order valence-corrected chi connectivity index (χ4v) is 2.56. The number of benzene rings is 1. The van der Waals surface area contributed by atoms with Crippen molar-refractivity contribution in [1.29, 1.82) is 0 Å². The number of nitrogens with two attached hydrogens (primary N) is 1. The molecule has 25 heavy (non-hydrogen) atoms. The molecule has 0 aliphatic rings. The van der Waals surface area contributed by atoms with Gasteiger partial charge < -0.3 is 15.2 Å². The SMILES string of the molecule is C=CC=CC(=COC)c1ccc(CC(N)CC(C)C(=O)OCC)cc1. The summed E-state index contributed by atoms with van der Waals surface area (Å²) in [5.74, 6) is -0.369. The number of rotatable bonds is 10. The molecule has 1 aromatic rings. The van der Waals surface area contributed by atoms with Crippen molar-refractivity contribution in [2.75, 3.05) is 13.7 Å². The van der Waals surface area contributed by atoms with E-state index in [2.05, 4.69) is 18.7 Å². The van der Waals surface area contributed by atoms with Crippen molar-refractivity contribution in [3.63, 3.8) is 0 Å². The Kier molecular flexibility index (Phi) is 9.33. The van der Waals surface area contributed by atoms with Crippen LogP contribution >= 0.6 is 0 Å². The van der Waals surface area contributed by atoms with E-state index >= 15 is 0 Å². The Labute approximate surface area is 151 Å². The van der Waals surface area contributed by atoms with E-state index in [9.17, 15) is 4.79 Å². The minimum absolute atomic E-state index is 0.0834. The van der Waals surface area contributed by atoms with Crippen LogP contribution in [0.2, 0.25) is 0 Å². The molecule has 1 rings (SSSR count). The highest BCUT2D eigenvalue weighted by atomic mass is 16.5. The normalized spacial score (nSPS) is 14.2. The third-order valence-electron chi connectivity index (χ3n) is 3.79. The number of methoxy groups -OCH3 is 1. The summed E-state index contributed by atoms with van der Waals surface area (Å²) in [5, 5.41) is 0. The molecule has 2 unspecified atom stereocenters. The maximum Gasteiger partial charge on any atom is 0.308 e. The van der Waals surface area contributed by atoms with Crippen LogP contribution in [0, 0.1) is 5.92 Å². The topological polar surface area (TPSA) is 61.5 Å². The average Bonchev–Trinajstić information content (AvgIpc) is 2.59.